The fourth-order valence-corrected chi connectivity index (χ4v) is 4.53. The molecule has 2 aromatic rings. The average Bonchev–Trinajstić information content (AvgIpc) is 3.27. The van der Waals surface area contributed by atoms with Crippen LogP contribution in [0.2, 0.25) is 0 Å². The number of aromatic amines is 1. The van der Waals surface area contributed by atoms with Crippen LogP contribution in [-0.4, -0.2) is 75.9 Å². The summed E-state index contributed by atoms with van der Waals surface area (Å²) in [6.07, 6.45) is 3.80. The number of hydrogen-bond donors (Lipinski definition) is 7. The summed E-state index contributed by atoms with van der Waals surface area (Å²) in [6, 6.07) is 3.12. The molecule has 9 N–H and O–H groups in total. The average molecular weight is 563 g/mol. The molecule has 0 bridgehead atoms. The van der Waals surface area contributed by atoms with Crippen molar-refractivity contribution in [2.75, 3.05) is 12.0 Å². The monoisotopic (exact) mass is 562 g/mol. The predicted octanol–water partition coefficient (Wildman–Crippen LogP) is 0.251. The summed E-state index contributed by atoms with van der Waals surface area (Å²) in [5, 5.41) is 17.9. The lowest BCUT2D eigenvalue weighted by Crippen LogP contribution is -2.57. The van der Waals surface area contributed by atoms with Gasteiger partial charge in [0, 0.05) is 17.1 Å². The molecule has 0 aliphatic carbocycles. The minimum absolute atomic E-state index is 0.0377. The van der Waals surface area contributed by atoms with Gasteiger partial charge in [0.2, 0.25) is 23.6 Å². The molecule has 1 heterocycles. The van der Waals surface area contributed by atoms with Gasteiger partial charge in [-0.1, -0.05) is 32.0 Å². The molecule has 1 aromatic heterocycles. The third kappa shape index (κ3) is 9.91. The van der Waals surface area contributed by atoms with Gasteiger partial charge in [-0.15, -0.1) is 0 Å². The first-order valence-corrected chi connectivity index (χ1v) is 14.0. The topological polar surface area (TPSA) is 209 Å². The normalized spacial score (nSPS) is 14.3. The first-order valence-electron chi connectivity index (χ1n) is 12.6. The van der Waals surface area contributed by atoms with Gasteiger partial charge in [-0.3, -0.25) is 19.2 Å². The molecule has 0 spiro atoms. The maximum absolute atomic E-state index is 13.2. The largest absolute Gasteiger partial charge is 0.480 e. The number of nitrogens with two attached hydrogens (primary N) is 2. The maximum Gasteiger partial charge on any atom is 0.326 e. The highest BCUT2D eigenvalue weighted by Crippen LogP contribution is 2.19. The first-order chi connectivity index (χ1) is 18.4. The zero-order valence-electron chi connectivity index (χ0n) is 22.4. The number of carbonyl (C=O) groups excluding carboxylic acids is 4. The summed E-state index contributed by atoms with van der Waals surface area (Å²) in [5.41, 5.74) is 13.1. The van der Waals surface area contributed by atoms with Crippen molar-refractivity contribution in [2.24, 2.45) is 17.4 Å². The molecule has 4 amide bonds. The van der Waals surface area contributed by atoms with Crippen molar-refractivity contribution in [1.82, 2.24) is 20.9 Å². The number of aliphatic carboxylic acids is 1. The molecule has 1 aromatic carbocycles. The lowest BCUT2D eigenvalue weighted by Gasteiger charge is -2.26. The van der Waals surface area contributed by atoms with E-state index in [4.69, 9.17) is 11.5 Å². The van der Waals surface area contributed by atoms with E-state index in [1.54, 1.807) is 6.20 Å². The smallest absolute Gasteiger partial charge is 0.326 e. The number of nitrogens with one attached hydrogen (secondary N) is 4. The Bertz CT molecular complexity index is 1170. The van der Waals surface area contributed by atoms with E-state index < -0.39 is 60.2 Å². The Morgan fingerprint density at radius 1 is 0.974 bits per heavy atom. The fourth-order valence-electron chi connectivity index (χ4n) is 4.06. The van der Waals surface area contributed by atoms with Gasteiger partial charge < -0.3 is 37.5 Å². The minimum atomic E-state index is -1.53. The molecule has 0 aliphatic heterocycles. The summed E-state index contributed by atoms with van der Waals surface area (Å²) < 4.78 is 0. The van der Waals surface area contributed by atoms with Gasteiger partial charge in [0.05, 0.1) is 12.5 Å². The molecule has 4 atom stereocenters. The lowest BCUT2D eigenvalue weighted by molar-refractivity contribution is -0.143. The van der Waals surface area contributed by atoms with Gasteiger partial charge >= 0.3 is 5.97 Å². The van der Waals surface area contributed by atoms with Crippen LogP contribution in [0.5, 0.6) is 0 Å². The van der Waals surface area contributed by atoms with E-state index in [1.807, 2.05) is 44.4 Å². The van der Waals surface area contributed by atoms with E-state index >= 15 is 0 Å². The number of H-pyrrole nitrogens is 1. The SMILES string of the molecule is CSCCC(NC(=O)C(N)Cc1c[nH]c2ccccc12)C(=O)NC(CC(C)C)C(=O)NC(CC(N)=O)C(=O)O. The van der Waals surface area contributed by atoms with Crippen molar-refractivity contribution < 1.29 is 29.1 Å². The molecule has 13 heteroatoms. The van der Waals surface area contributed by atoms with Gasteiger partial charge in [0.1, 0.15) is 18.1 Å². The zero-order valence-corrected chi connectivity index (χ0v) is 23.2. The highest BCUT2D eigenvalue weighted by molar-refractivity contribution is 7.98. The van der Waals surface area contributed by atoms with Crippen LogP contribution in [-0.2, 0) is 30.4 Å². The fraction of sp³-hybridized carbons (Fsp3) is 0.500. The Hall–Kier alpha value is -3.58. The Morgan fingerprint density at radius 3 is 2.21 bits per heavy atom. The zero-order chi connectivity index (χ0) is 29.1. The molecule has 0 radical (unpaired) electrons. The number of carbonyl (C=O) groups is 5. The van der Waals surface area contributed by atoms with Gasteiger partial charge in [-0.05, 0) is 48.8 Å². The Balaban J connectivity index is 2.12. The Morgan fingerprint density at radius 2 is 1.59 bits per heavy atom. The van der Waals surface area contributed by atoms with E-state index in [0.29, 0.717) is 5.75 Å². The number of aromatic nitrogens is 1. The molecular weight excluding hydrogens is 524 g/mol. The number of amides is 4. The highest BCUT2D eigenvalue weighted by atomic mass is 32.2. The number of hydrogen-bond acceptors (Lipinski definition) is 7. The van der Waals surface area contributed by atoms with Crippen molar-refractivity contribution in [3.63, 3.8) is 0 Å². The summed E-state index contributed by atoms with van der Waals surface area (Å²) in [6.45, 7) is 3.67. The van der Waals surface area contributed by atoms with Crippen LogP contribution in [0.25, 0.3) is 10.9 Å². The molecule has 0 fully saturated rings. The van der Waals surface area contributed by atoms with Crippen LogP contribution in [0.15, 0.2) is 30.5 Å². The number of primary amides is 1. The van der Waals surface area contributed by atoms with Crippen LogP contribution in [0.4, 0.5) is 0 Å². The van der Waals surface area contributed by atoms with Crippen LogP contribution >= 0.6 is 11.8 Å². The lowest BCUT2D eigenvalue weighted by atomic mass is 10.0. The van der Waals surface area contributed by atoms with Gasteiger partial charge in [-0.2, -0.15) is 11.8 Å². The van der Waals surface area contributed by atoms with E-state index in [2.05, 4.69) is 20.9 Å². The van der Waals surface area contributed by atoms with Crippen molar-refractivity contribution in [2.45, 2.75) is 63.7 Å². The third-order valence-electron chi connectivity index (χ3n) is 6.06. The van der Waals surface area contributed by atoms with Gasteiger partial charge in [0.25, 0.3) is 0 Å². The van der Waals surface area contributed by atoms with Gasteiger partial charge in [-0.25, -0.2) is 4.79 Å². The highest BCUT2D eigenvalue weighted by Gasteiger charge is 2.31. The maximum atomic E-state index is 13.2. The van der Waals surface area contributed by atoms with Crippen molar-refractivity contribution in [3.8, 4) is 0 Å². The van der Waals surface area contributed by atoms with Crippen LogP contribution in [0.1, 0.15) is 38.7 Å². The van der Waals surface area contributed by atoms with E-state index in [-0.39, 0.29) is 25.2 Å². The van der Waals surface area contributed by atoms with E-state index in [9.17, 15) is 29.1 Å². The van der Waals surface area contributed by atoms with E-state index in [1.165, 1.54) is 11.8 Å². The molecule has 0 aliphatic rings. The summed E-state index contributed by atoms with van der Waals surface area (Å²) in [5.74, 6) is -3.68. The second kappa shape index (κ2) is 15.1. The molecule has 39 heavy (non-hydrogen) atoms. The molecule has 2 rings (SSSR count). The quantitative estimate of drug-likeness (QED) is 0.150. The standard InChI is InChI=1S/C26H38N6O6S/c1-14(2)10-20(25(36)32-21(26(37)38)12-22(28)33)31-24(35)19(8-9-39-3)30-23(34)17(27)11-15-13-29-18-7-5-4-6-16(15)18/h4-7,13-14,17,19-21,29H,8-12,27H2,1-3H3,(H2,28,33)(H,30,34)(H,31,35)(H,32,36)(H,37,38). The molecule has 0 saturated heterocycles. The second-order valence-electron chi connectivity index (χ2n) is 9.77. The Labute approximate surface area is 231 Å². The summed E-state index contributed by atoms with van der Waals surface area (Å²) >= 11 is 1.49. The molecular formula is C26H38N6O6S. The number of fused-ring (bicyclic) bond motifs is 1. The minimum Gasteiger partial charge on any atom is -0.480 e. The molecule has 12 nitrogen and oxygen atoms in total. The number of benzene rings is 1. The molecule has 0 saturated carbocycles. The predicted molar refractivity (Wildman–Crippen MR) is 150 cm³/mol. The number of thioether (sulfide) groups is 1. The van der Waals surface area contributed by atoms with Crippen LogP contribution in [0, 0.1) is 5.92 Å². The molecule has 214 valence electrons. The van der Waals surface area contributed by atoms with Gasteiger partial charge in [0.15, 0.2) is 0 Å². The van der Waals surface area contributed by atoms with Crippen molar-refractivity contribution >= 4 is 52.3 Å². The number of carboxylic acid groups (broad SMARTS) is 1. The number of carboxylic acids is 1. The first kappa shape index (κ1) is 31.6. The van der Waals surface area contributed by atoms with E-state index in [0.717, 1.165) is 16.5 Å². The van der Waals surface area contributed by atoms with Crippen molar-refractivity contribution in [3.05, 3.63) is 36.0 Å². The number of para-hydroxylation sites is 1. The van der Waals surface area contributed by atoms with Crippen LogP contribution in [0.3, 0.4) is 0 Å². The van der Waals surface area contributed by atoms with Crippen LogP contribution < -0.4 is 27.4 Å². The summed E-state index contributed by atoms with van der Waals surface area (Å²) in [4.78, 5) is 65.0. The summed E-state index contributed by atoms with van der Waals surface area (Å²) in [7, 11) is 0. The molecule has 4 unspecified atom stereocenters. The number of rotatable bonds is 16. The Kier molecular flexibility index (Phi) is 12.3. The second-order valence-corrected chi connectivity index (χ2v) is 10.8. The third-order valence-corrected chi connectivity index (χ3v) is 6.70. The van der Waals surface area contributed by atoms with Crippen molar-refractivity contribution in [1.29, 1.82) is 0 Å².